The number of aliphatic hydroxyl groups excluding tert-OH is 1. The lowest BCUT2D eigenvalue weighted by Gasteiger charge is -2.36. The van der Waals surface area contributed by atoms with Gasteiger partial charge in [-0.2, -0.15) is 5.10 Å². The molecule has 13 heteroatoms. The number of hydrogen-bond donors (Lipinski definition) is 2. The highest BCUT2D eigenvalue weighted by Gasteiger charge is 2.32. The summed E-state index contributed by atoms with van der Waals surface area (Å²) in [5.41, 5.74) is 3.14. The first-order valence-electron chi connectivity index (χ1n) is 16.4. The largest absolute Gasteiger partial charge is 0.394 e. The number of aromatic nitrogens is 2. The van der Waals surface area contributed by atoms with E-state index in [1.165, 1.54) is 28.9 Å². The number of benzene rings is 3. The molecule has 2 N–H and O–H groups in total. The summed E-state index contributed by atoms with van der Waals surface area (Å²) in [7, 11) is -4.45. The van der Waals surface area contributed by atoms with Crippen LogP contribution in [0.1, 0.15) is 77.2 Å². The molecule has 1 aliphatic heterocycles. The topological polar surface area (TPSA) is 125 Å². The number of aryl methyl sites for hydroxylation is 1. The molecule has 260 valence electrons. The van der Waals surface area contributed by atoms with Crippen LogP contribution in [0, 0.1) is 12.7 Å². The van der Waals surface area contributed by atoms with E-state index in [0.717, 1.165) is 48.9 Å². The summed E-state index contributed by atoms with van der Waals surface area (Å²) in [5, 5.41) is 15.0. The second-order valence-corrected chi connectivity index (χ2v) is 14.3. The molecule has 0 aliphatic carbocycles. The fourth-order valence-electron chi connectivity index (χ4n) is 5.99. The minimum atomic E-state index is -4.45. The quantitative estimate of drug-likeness (QED) is 0.166. The van der Waals surface area contributed by atoms with Gasteiger partial charge < -0.3 is 14.9 Å². The van der Waals surface area contributed by atoms with Gasteiger partial charge in [0.1, 0.15) is 10.7 Å². The van der Waals surface area contributed by atoms with Crippen molar-refractivity contribution in [3.8, 4) is 5.69 Å². The van der Waals surface area contributed by atoms with E-state index < -0.39 is 32.7 Å². The van der Waals surface area contributed by atoms with Gasteiger partial charge in [-0.15, -0.1) is 0 Å². The fourth-order valence-corrected chi connectivity index (χ4v) is 7.38. The van der Waals surface area contributed by atoms with Crippen LogP contribution in [-0.2, 0) is 23.0 Å². The Hall–Kier alpha value is -4.26. The van der Waals surface area contributed by atoms with E-state index in [1.807, 2.05) is 24.3 Å². The molecule has 1 atom stereocenters. The van der Waals surface area contributed by atoms with Crippen LogP contribution < -0.4 is 4.72 Å². The molecule has 0 unspecified atom stereocenters. The molecule has 4 aromatic rings. The van der Waals surface area contributed by atoms with Gasteiger partial charge in [-0.05, 0) is 79.8 Å². The number of nitrogens with zero attached hydrogens (tertiary/aromatic N) is 4. The van der Waals surface area contributed by atoms with Crippen LogP contribution in [0.5, 0.6) is 0 Å². The second kappa shape index (κ2) is 15.5. The highest BCUT2D eigenvalue weighted by molar-refractivity contribution is 7.92. The number of carbonyl (C=O) groups excluding carboxylic acids is 2. The zero-order valence-corrected chi connectivity index (χ0v) is 29.4. The molecule has 0 fully saturated rings. The molecule has 49 heavy (non-hydrogen) atoms. The lowest BCUT2D eigenvalue weighted by Crippen LogP contribution is -2.46. The molecule has 1 aromatic heterocycles. The van der Waals surface area contributed by atoms with Crippen molar-refractivity contribution in [3.05, 3.63) is 106 Å². The Bertz CT molecular complexity index is 1940. The van der Waals surface area contributed by atoms with Crippen molar-refractivity contribution < 1.29 is 27.5 Å². The Morgan fingerprint density at radius 3 is 2.39 bits per heavy atom. The van der Waals surface area contributed by atoms with Gasteiger partial charge in [0.2, 0.25) is 0 Å². The summed E-state index contributed by atoms with van der Waals surface area (Å²) in [5.74, 6) is -1.68. The van der Waals surface area contributed by atoms with Crippen LogP contribution in [-0.4, -0.2) is 70.7 Å². The molecular weight excluding hydrogens is 669 g/mol. The van der Waals surface area contributed by atoms with Gasteiger partial charge >= 0.3 is 0 Å². The smallest absolute Gasteiger partial charge is 0.274 e. The minimum absolute atomic E-state index is 0.00384. The number of sulfonamides is 1. The number of anilines is 1. The Morgan fingerprint density at radius 1 is 1.02 bits per heavy atom. The van der Waals surface area contributed by atoms with Crippen LogP contribution in [0.25, 0.3) is 5.69 Å². The van der Waals surface area contributed by atoms with Crippen molar-refractivity contribution in [2.24, 2.45) is 0 Å². The Morgan fingerprint density at radius 2 is 1.71 bits per heavy atom. The Balaban J connectivity index is 1.58. The molecule has 1 aliphatic rings. The van der Waals surface area contributed by atoms with Crippen LogP contribution in [0.15, 0.2) is 71.6 Å². The summed E-state index contributed by atoms with van der Waals surface area (Å²) in [6.45, 7) is 7.04. The van der Waals surface area contributed by atoms with Gasteiger partial charge in [0.25, 0.3) is 21.8 Å². The number of unbranched alkanes of at least 4 members (excludes halogenated alkanes) is 2. The van der Waals surface area contributed by atoms with Crippen LogP contribution in [0.2, 0.25) is 5.02 Å². The molecule has 0 spiro atoms. The normalized spacial score (nSPS) is 14.4. The summed E-state index contributed by atoms with van der Waals surface area (Å²) in [6.07, 6.45) is 4.01. The van der Waals surface area contributed by atoms with Crippen molar-refractivity contribution in [2.45, 2.75) is 70.4 Å². The van der Waals surface area contributed by atoms with E-state index in [1.54, 1.807) is 22.8 Å². The number of rotatable bonds is 13. The van der Waals surface area contributed by atoms with Crippen molar-refractivity contribution in [2.75, 3.05) is 24.4 Å². The lowest BCUT2D eigenvalue weighted by atomic mass is 9.93. The summed E-state index contributed by atoms with van der Waals surface area (Å²) in [4.78, 5) is 30.9. The number of amides is 2. The maximum Gasteiger partial charge on any atom is 0.274 e. The van der Waals surface area contributed by atoms with Gasteiger partial charge in [-0.25, -0.2) is 17.5 Å². The first-order chi connectivity index (χ1) is 23.5. The second-order valence-electron chi connectivity index (χ2n) is 12.2. The number of halogens is 2. The third-order valence-electron chi connectivity index (χ3n) is 8.67. The van der Waals surface area contributed by atoms with E-state index in [-0.39, 0.29) is 41.0 Å². The first-order valence-corrected chi connectivity index (χ1v) is 18.3. The zero-order valence-electron chi connectivity index (χ0n) is 27.8. The molecule has 3 aromatic carbocycles. The molecule has 0 radical (unpaired) electrons. The highest BCUT2D eigenvalue weighted by Crippen LogP contribution is 2.30. The number of hydrogen-bond acceptors (Lipinski definition) is 6. The SMILES string of the molecule is CCCCN(CCCC)C(=O)c1cc(C)n(-c2ccc(NS(=O)(=O)c3cc(Cl)ccc3F)cc2C(=O)N2Cc3ccccc3C[C@H]2CO)n1. The van der Waals surface area contributed by atoms with E-state index in [0.29, 0.717) is 30.9 Å². The monoisotopic (exact) mass is 709 g/mol. The molecular formula is C36H41ClFN5O5S. The summed E-state index contributed by atoms with van der Waals surface area (Å²) in [6, 6.07) is 16.4. The van der Waals surface area contributed by atoms with E-state index in [4.69, 9.17) is 11.6 Å². The molecule has 0 bridgehead atoms. The van der Waals surface area contributed by atoms with E-state index in [9.17, 15) is 27.5 Å². The summed E-state index contributed by atoms with van der Waals surface area (Å²) >= 11 is 5.97. The maximum atomic E-state index is 14.6. The standard InChI is InChI=1S/C36H41ClFN5O5S/c1-4-6-16-41(17-7-5-2)36(46)32-18-24(3)43(39-32)33-15-13-28(40-49(47,48)34-20-27(37)12-14-31(34)38)21-30(33)35(45)42-22-26-11-9-8-10-25(26)19-29(42)23-44/h8-15,18,20-21,29,40,44H,4-7,16-17,19,22-23H2,1-3H3/t29-/m0/s1. The predicted molar refractivity (Wildman–Crippen MR) is 187 cm³/mol. The predicted octanol–water partition coefficient (Wildman–Crippen LogP) is 6.38. The average molecular weight is 710 g/mol. The molecule has 2 heterocycles. The van der Waals surface area contributed by atoms with Gasteiger partial charge in [0, 0.05) is 36.0 Å². The summed E-state index contributed by atoms with van der Waals surface area (Å²) < 4.78 is 45.1. The maximum absolute atomic E-state index is 14.6. The van der Waals surface area contributed by atoms with E-state index >= 15 is 0 Å². The van der Waals surface area contributed by atoms with Crippen molar-refractivity contribution >= 4 is 39.1 Å². The molecule has 2 amide bonds. The van der Waals surface area contributed by atoms with Crippen molar-refractivity contribution in [1.29, 1.82) is 0 Å². The third kappa shape index (κ3) is 7.98. The fraction of sp³-hybridized carbons (Fsp3) is 0.361. The van der Waals surface area contributed by atoms with Crippen molar-refractivity contribution in [3.63, 3.8) is 0 Å². The van der Waals surface area contributed by atoms with Gasteiger partial charge in [-0.3, -0.25) is 14.3 Å². The zero-order chi connectivity index (χ0) is 35.3. The van der Waals surface area contributed by atoms with E-state index in [2.05, 4.69) is 23.7 Å². The van der Waals surface area contributed by atoms with Crippen LogP contribution in [0.3, 0.4) is 0 Å². The highest BCUT2D eigenvalue weighted by atomic mass is 35.5. The Labute approximate surface area is 291 Å². The van der Waals surface area contributed by atoms with Crippen molar-refractivity contribution in [1.82, 2.24) is 19.6 Å². The van der Waals surface area contributed by atoms with Crippen LogP contribution >= 0.6 is 11.6 Å². The Kier molecular flexibility index (Phi) is 11.4. The number of nitrogens with one attached hydrogen (secondary N) is 1. The molecule has 5 rings (SSSR count). The lowest BCUT2D eigenvalue weighted by molar-refractivity contribution is 0.0544. The number of carbonyl (C=O) groups is 2. The third-order valence-corrected chi connectivity index (χ3v) is 10.3. The molecule has 10 nitrogen and oxygen atoms in total. The van der Waals surface area contributed by atoms with Crippen LogP contribution in [0.4, 0.5) is 10.1 Å². The average Bonchev–Trinajstić information content (AvgIpc) is 3.48. The number of fused-ring (bicyclic) bond motifs is 1. The van der Waals surface area contributed by atoms with Gasteiger partial charge in [0.05, 0.1) is 23.9 Å². The van der Waals surface area contributed by atoms with Gasteiger partial charge in [-0.1, -0.05) is 62.6 Å². The first kappa shape index (κ1) is 36.0. The molecule has 0 saturated heterocycles. The van der Waals surface area contributed by atoms with Gasteiger partial charge in [0.15, 0.2) is 5.69 Å². The molecule has 0 saturated carbocycles. The minimum Gasteiger partial charge on any atom is -0.394 e. The number of aliphatic hydroxyl groups is 1.